The molecule has 2 aromatic carbocycles. The zero-order chi connectivity index (χ0) is 32.2. The van der Waals surface area contributed by atoms with Gasteiger partial charge >= 0.3 is 6.18 Å². The van der Waals surface area contributed by atoms with Crippen LogP contribution in [-0.2, 0) is 12.7 Å². The molecule has 0 atom stereocenters. The molecule has 0 unspecified atom stereocenters. The predicted molar refractivity (Wildman–Crippen MR) is 180 cm³/mol. The maximum absolute atomic E-state index is 12.6. The van der Waals surface area contributed by atoms with Gasteiger partial charge in [-0.15, -0.1) is 0 Å². The van der Waals surface area contributed by atoms with Crippen LogP contribution in [-0.4, -0.2) is 11.0 Å². The number of aromatic nitrogens is 1. The Morgan fingerprint density at radius 1 is 0.778 bits per heavy atom. The summed E-state index contributed by atoms with van der Waals surface area (Å²) >= 11 is 6.25. The second-order valence-electron chi connectivity index (χ2n) is 11.0. The number of hydrogen-bond acceptors (Lipinski definition) is 2. The highest BCUT2D eigenvalue weighted by molar-refractivity contribution is 9.11. The highest BCUT2D eigenvalue weighted by Crippen LogP contribution is 2.33. The number of halogens is 6. The number of aromatic hydroxyl groups is 1. The van der Waals surface area contributed by atoms with Crippen LogP contribution in [0.3, 0.4) is 0 Å². The minimum Gasteiger partial charge on any atom is -1.00 e. The average molecular weight is 779 g/mol. The first kappa shape index (κ1) is 40.9. The van der Waals surface area contributed by atoms with Crippen molar-refractivity contribution in [2.45, 2.75) is 110 Å². The number of alkyl halides is 3. The summed E-state index contributed by atoms with van der Waals surface area (Å²) in [7, 11) is 0. The fraction of sp³-hybridized carbons (Fsp3) is 0.486. The second-order valence-corrected chi connectivity index (χ2v) is 12.8. The quantitative estimate of drug-likeness (QED) is 0.107. The zero-order valence-corrected chi connectivity index (χ0v) is 30.0. The molecule has 1 amide bonds. The van der Waals surface area contributed by atoms with Crippen LogP contribution < -0.4 is 22.3 Å². The summed E-state index contributed by atoms with van der Waals surface area (Å²) < 4.78 is 41.0. The van der Waals surface area contributed by atoms with Crippen molar-refractivity contribution < 1.29 is 40.0 Å². The first-order valence-electron chi connectivity index (χ1n) is 15.7. The van der Waals surface area contributed by atoms with Crippen molar-refractivity contribution in [3.63, 3.8) is 0 Å². The molecular weight excluding hydrogens is 733 g/mol. The summed E-state index contributed by atoms with van der Waals surface area (Å²) in [5.74, 6) is -1.02. The molecule has 0 aliphatic heterocycles. The van der Waals surface area contributed by atoms with Gasteiger partial charge in [-0.25, -0.2) is 4.57 Å². The smallest absolute Gasteiger partial charge is 0.416 e. The first-order chi connectivity index (χ1) is 21.1. The Morgan fingerprint density at radius 3 is 1.84 bits per heavy atom. The van der Waals surface area contributed by atoms with Gasteiger partial charge in [0.1, 0.15) is 12.3 Å². The Kier molecular flexibility index (Phi) is 21.1. The molecule has 0 fully saturated rings. The van der Waals surface area contributed by atoms with Crippen molar-refractivity contribution in [3.8, 4) is 5.75 Å². The van der Waals surface area contributed by atoms with E-state index in [1.807, 2.05) is 0 Å². The summed E-state index contributed by atoms with van der Waals surface area (Å²) in [5, 5.41) is 12.2. The third-order valence-electron chi connectivity index (χ3n) is 7.27. The van der Waals surface area contributed by atoms with E-state index in [4.69, 9.17) is 0 Å². The molecule has 0 saturated carbocycles. The molecule has 0 spiro atoms. The number of nitrogens with one attached hydrogen (secondary N) is 1. The Labute approximate surface area is 289 Å². The monoisotopic (exact) mass is 776 g/mol. The topological polar surface area (TPSA) is 53.2 Å². The molecule has 1 heterocycles. The van der Waals surface area contributed by atoms with Crippen LogP contribution in [0.4, 0.5) is 18.9 Å². The van der Waals surface area contributed by atoms with E-state index in [-0.39, 0.29) is 33.9 Å². The lowest BCUT2D eigenvalue weighted by Crippen LogP contribution is -3.00. The number of phenols is 1. The summed E-state index contributed by atoms with van der Waals surface area (Å²) in [4.78, 5) is 12.1. The minimum atomic E-state index is -4.50. The molecule has 0 aliphatic rings. The Hall–Kier alpha value is -2.10. The lowest BCUT2D eigenvalue weighted by atomic mass is 10.0. The molecule has 45 heavy (non-hydrogen) atoms. The van der Waals surface area contributed by atoms with Crippen molar-refractivity contribution in [2.24, 2.45) is 0 Å². The van der Waals surface area contributed by atoms with Gasteiger partial charge in [-0.05, 0) is 52.7 Å². The van der Waals surface area contributed by atoms with Crippen LogP contribution in [0.15, 0.2) is 75.9 Å². The number of nitrogens with zero attached hydrogens (tertiary/aromatic N) is 1. The van der Waals surface area contributed by atoms with E-state index in [0.29, 0.717) is 4.47 Å². The van der Waals surface area contributed by atoms with Crippen molar-refractivity contribution in [1.82, 2.24) is 0 Å². The fourth-order valence-electron chi connectivity index (χ4n) is 4.78. The standard InChI is InChI=1S/C21H38N.C14H8Br2F3NO2.ClH/c1-2-3-4-5-6-7-8-9-10-11-12-13-14-16-19-22-20-17-15-18-21-22;15-8-5-10(12(21)11(16)6-8)13(22)20-9-3-1-2-7(4-9)14(17,18)19;/h15,17-18,20-21H,2-14,16,19H2,1H3;1-6,21H,(H,20,22);1H/q+1;;/p-1. The van der Waals surface area contributed by atoms with Gasteiger partial charge in [0, 0.05) is 28.7 Å². The second kappa shape index (κ2) is 23.3. The third-order valence-corrected chi connectivity index (χ3v) is 8.33. The molecule has 0 saturated heterocycles. The van der Waals surface area contributed by atoms with Crippen molar-refractivity contribution in [3.05, 3.63) is 87.1 Å². The summed E-state index contributed by atoms with van der Waals surface area (Å²) in [6.45, 7) is 3.47. The van der Waals surface area contributed by atoms with Gasteiger partial charge < -0.3 is 22.8 Å². The van der Waals surface area contributed by atoms with Gasteiger partial charge in [0.15, 0.2) is 12.4 Å². The molecule has 250 valence electrons. The van der Waals surface area contributed by atoms with Gasteiger partial charge in [-0.3, -0.25) is 4.79 Å². The number of carbonyl (C=O) groups is 1. The van der Waals surface area contributed by atoms with Crippen LogP contribution in [0, 0.1) is 0 Å². The molecule has 10 heteroatoms. The molecule has 3 rings (SSSR count). The maximum Gasteiger partial charge on any atom is 0.416 e. The highest BCUT2D eigenvalue weighted by Gasteiger charge is 2.30. The lowest BCUT2D eigenvalue weighted by molar-refractivity contribution is -0.697. The molecule has 0 bridgehead atoms. The summed E-state index contributed by atoms with van der Waals surface area (Å²) in [5.41, 5.74) is -0.959. The number of carbonyl (C=O) groups excluding carboxylic acids is 1. The van der Waals surface area contributed by atoms with Gasteiger partial charge in [0.2, 0.25) is 0 Å². The van der Waals surface area contributed by atoms with Gasteiger partial charge in [0.25, 0.3) is 5.91 Å². The van der Waals surface area contributed by atoms with E-state index in [9.17, 15) is 23.1 Å². The van der Waals surface area contributed by atoms with Crippen LogP contribution in [0.5, 0.6) is 5.75 Å². The van der Waals surface area contributed by atoms with E-state index < -0.39 is 17.6 Å². The minimum absolute atomic E-state index is 0. The number of anilines is 1. The van der Waals surface area contributed by atoms with Crippen LogP contribution in [0.25, 0.3) is 0 Å². The molecule has 1 aromatic heterocycles. The predicted octanol–water partition coefficient (Wildman–Crippen LogP) is 8.65. The Balaban J connectivity index is 0.000000440. The van der Waals surface area contributed by atoms with E-state index in [0.717, 1.165) is 12.1 Å². The van der Waals surface area contributed by atoms with E-state index >= 15 is 0 Å². The SMILES string of the molecule is CCCCCCCCCCCCCCCC[n+]1ccccc1.O=C(Nc1cccc(C(F)(F)F)c1)c1cc(Br)cc(Br)c1O.[Cl-]. The number of unbranched alkanes of at least 4 members (excludes halogenated alkanes) is 13. The number of rotatable bonds is 17. The number of aryl methyl sites for hydroxylation is 1. The molecule has 0 aliphatic carbocycles. The lowest BCUT2D eigenvalue weighted by Gasteiger charge is -2.11. The van der Waals surface area contributed by atoms with E-state index in [2.05, 4.69) is 79.3 Å². The largest absolute Gasteiger partial charge is 1.00 e. The molecular formula is C35H46Br2ClF3N2O2. The Morgan fingerprint density at radius 2 is 1.31 bits per heavy atom. The van der Waals surface area contributed by atoms with Crippen LogP contribution in [0.2, 0.25) is 0 Å². The van der Waals surface area contributed by atoms with E-state index in [1.54, 1.807) is 0 Å². The number of benzene rings is 2. The first-order valence-corrected chi connectivity index (χ1v) is 17.3. The average Bonchev–Trinajstić information content (AvgIpc) is 2.99. The van der Waals surface area contributed by atoms with Crippen LogP contribution >= 0.6 is 31.9 Å². The normalized spacial score (nSPS) is 10.9. The molecule has 4 nitrogen and oxygen atoms in total. The number of amides is 1. The van der Waals surface area contributed by atoms with Crippen molar-refractivity contribution in [1.29, 1.82) is 0 Å². The Bertz CT molecular complexity index is 1250. The number of pyridine rings is 1. The third kappa shape index (κ3) is 17.4. The van der Waals surface area contributed by atoms with E-state index in [1.165, 1.54) is 121 Å². The van der Waals surface area contributed by atoms with Crippen LogP contribution in [0.1, 0.15) is 113 Å². The maximum atomic E-state index is 12.6. The number of phenolic OH excluding ortho intramolecular Hbond substituents is 1. The highest BCUT2D eigenvalue weighted by atomic mass is 79.9. The van der Waals surface area contributed by atoms with Crippen molar-refractivity contribution in [2.75, 3.05) is 5.32 Å². The molecule has 3 aromatic rings. The molecule has 0 radical (unpaired) electrons. The summed E-state index contributed by atoms with van der Waals surface area (Å²) in [6, 6.07) is 13.5. The van der Waals surface area contributed by atoms with Gasteiger partial charge in [-0.1, -0.05) is 112 Å². The fourth-order valence-corrected chi connectivity index (χ4v) is 6.01. The number of hydrogen-bond donors (Lipinski definition) is 2. The molecule has 2 N–H and O–H groups in total. The summed E-state index contributed by atoms with van der Waals surface area (Å²) in [6.07, 6.45) is 19.9. The van der Waals surface area contributed by atoms with Gasteiger partial charge in [-0.2, -0.15) is 13.2 Å². The van der Waals surface area contributed by atoms with Crippen molar-refractivity contribution >= 4 is 43.5 Å². The van der Waals surface area contributed by atoms with Gasteiger partial charge in [0.05, 0.1) is 15.6 Å². The zero-order valence-electron chi connectivity index (χ0n) is 26.0.